The second-order valence-corrected chi connectivity index (χ2v) is 7.98. The van der Waals surface area contributed by atoms with Gasteiger partial charge in [-0.2, -0.15) is 5.10 Å². The van der Waals surface area contributed by atoms with Crippen molar-refractivity contribution in [1.82, 2.24) is 15.0 Å². The van der Waals surface area contributed by atoms with Crippen LogP contribution in [0.2, 0.25) is 5.02 Å². The fourth-order valence-corrected chi connectivity index (χ4v) is 3.72. The van der Waals surface area contributed by atoms with E-state index in [1.54, 1.807) is 57.2 Å². The third-order valence-electron chi connectivity index (χ3n) is 5.33. The Balaban J connectivity index is 2.12. The lowest BCUT2D eigenvalue weighted by Gasteiger charge is -2.26. The van der Waals surface area contributed by atoms with Gasteiger partial charge >= 0.3 is 0 Å². The van der Waals surface area contributed by atoms with E-state index in [1.165, 1.54) is 0 Å². The van der Waals surface area contributed by atoms with Crippen LogP contribution in [-0.4, -0.2) is 26.9 Å². The number of hydrogen-bond donors (Lipinski definition) is 3. The van der Waals surface area contributed by atoms with Crippen LogP contribution in [0, 0.1) is 6.92 Å². The van der Waals surface area contributed by atoms with Crippen LogP contribution in [0.4, 0.5) is 11.5 Å². The molecule has 164 valence electrons. The van der Waals surface area contributed by atoms with Gasteiger partial charge in [0, 0.05) is 33.1 Å². The van der Waals surface area contributed by atoms with Crippen molar-refractivity contribution in [2.24, 2.45) is 10.9 Å². The highest BCUT2D eigenvalue weighted by Crippen LogP contribution is 2.35. The number of carbonyl (C=O) groups is 1. The fraction of sp³-hybridized carbons (Fsp3) is 0.174. The third kappa shape index (κ3) is 4.04. The summed E-state index contributed by atoms with van der Waals surface area (Å²) < 4.78 is 0. The summed E-state index contributed by atoms with van der Waals surface area (Å²) >= 11 is 5.99. The van der Waals surface area contributed by atoms with Crippen LogP contribution in [-0.2, 0) is 10.2 Å². The molecule has 0 aliphatic rings. The van der Waals surface area contributed by atoms with Crippen LogP contribution in [0.3, 0.4) is 0 Å². The molecule has 3 rings (SSSR count). The molecular weight excluding hydrogens is 426 g/mol. The molecule has 9 heteroatoms. The van der Waals surface area contributed by atoms with Crippen molar-refractivity contribution in [3.8, 4) is 0 Å². The topological polar surface area (TPSA) is 146 Å². The van der Waals surface area contributed by atoms with Crippen molar-refractivity contribution in [2.45, 2.75) is 26.2 Å². The number of carbonyl (C=O) groups excluding carboxylic acids is 1. The number of benzene rings is 1. The first-order chi connectivity index (χ1) is 15.1. The average Bonchev–Trinajstić information content (AvgIpc) is 2.77. The Bertz CT molecular complexity index is 1230. The summed E-state index contributed by atoms with van der Waals surface area (Å²) in [6, 6.07) is 10.4. The zero-order chi connectivity index (χ0) is 23.6. The smallest absolute Gasteiger partial charge is 0.161 e. The minimum atomic E-state index is -1.20. The highest BCUT2D eigenvalue weighted by atomic mass is 35.5. The van der Waals surface area contributed by atoms with Gasteiger partial charge < -0.3 is 22.1 Å². The molecule has 6 N–H and O–H groups in total. The van der Waals surface area contributed by atoms with Gasteiger partial charge in [-0.15, -0.1) is 0 Å². The number of nitrogens with zero attached hydrogens (tertiary/aromatic N) is 4. The number of aryl methyl sites for hydroxylation is 1. The quantitative estimate of drug-likeness (QED) is 0.172. The summed E-state index contributed by atoms with van der Waals surface area (Å²) in [4.78, 5) is 25.9. The molecule has 1 aromatic carbocycles. The number of halogens is 1. The molecule has 0 saturated carbocycles. The summed E-state index contributed by atoms with van der Waals surface area (Å²) in [6.45, 7) is 9.27. The first-order valence-corrected chi connectivity index (χ1v) is 10.1. The van der Waals surface area contributed by atoms with Gasteiger partial charge in [0.2, 0.25) is 0 Å². The predicted octanol–water partition coefficient (Wildman–Crippen LogP) is 3.25. The van der Waals surface area contributed by atoms with Gasteiger partial charge in [0.25, 0.3) is 0 Å². The Kier molecular flexibility index (Phi) is 6.27. The maximum atomic E-state index is 12.3. The standard InChI is InChI=1S/C23H24ClN7O/c1-12(16-9-8-15(24)10-17(16)25)22-28-14(3)20(21(26)30-22)23(4,11-32)19-7-5-6-18(29-19)13(2)31-27/h5-11H,1,25,27H2,2-4H3,(H2,26,28,30)/b31-13+. The number of nitrogens with two attached hydrogens (primary N) is 3. The molecule has 8 nitrogen and oxygen atoms in total. The number of aromatic nitrogens is 3. The molecule has 0 aliphatic heterocycles. The first kappa shape index (κ1) is 22.9. The van der Waals surface area contributed by atoms with Crippen LogP contribution in [0.25, 0.3) is 5.57 Å². The summed E-state index contributed by atoms with van der Waals surface area (Å²) in [7, 11) is 0. The third-order valence-corrected chi connectivity index (χ3v) is 5.56. The van der Waals surface area contributed by atoms with E-state index in [4.69, 9.17) is 28.9 Å². The number of pyridine rings is 1. The Hall–Kier alpha value is -3.78. The Labute approximate surface area is 191 Å². The normalized spacial score (nSPS) is 13.4. The lowest BCUT2D eigenvalue weighted by atomic mass is 9.79. The van der Waals surface area contributed by atoms with E-state index >= 15 is 0 Å². The van der Waals surface area contributed by atoms with Crippen molar-refractivity contribution in [2.75, 3.05) is 11.5 Å². The number of hydrogen-bond acceptors (Lipinski definition) is 8. The van der Waals surface area contributed by atoms with Gasteiger partial charge in [0.15, 0.2) is 5.82 Å². The SMILES string of the molecule is C=C(c1nc(C)c(C(C)(C=O)c2cccc(/C(C)=N/N)n2)c(N)n1)c1ccc(Cl)cc1N. The maximum absolute atomic E-state index is 12.3. The molecule has 3 aromatic rings. The van der Waals surface area contributed by atoms with E-state index in [-0.39, 0.29) is 5.82 Å². The van der Waals surface area contributed by atoms with E-state index < -0.39 is 5.41 Å². The lowest BCUT2D eigenvalue weighted by Crippen LogP contribution is -2.31. The van der Waals surface area contributed by atoms with Gasteiger partial charge in [-0.3, -0.25) is 4.98 Å². The Morgan fingerprint density at radius 2 is 1.91 bits per heavy atom. The van der Waals surface area contributed by atoms with Crippen molar-refractivity contribution < 1.29 is 4.79 Å². The summed E-state index contributed by atoms with van der Waals surface area (Å²) in [5, 5.41) is 4.19. The molecule has 1 atom stereocenters. The van der Waals surface area contributed by atoms with Gasteiger partial charge in [-0.05, 0) is 45.0 Å². The molecule has 0 aliphatic carbocycles. The Morgan fingerprint density at radius 3 is 2.50 bits per heavy atom. The molecule has 0 bridgehead atoms. The van der Waals surface area contributed by atoms with Crippen LogP contribution in [0.1, 0.15) is 47.9 Å². The molecule has 0 fully saturated rings. The summed E-state index contributed by atoms with van der Waals surface area (Å²) in [5.41, 5.74) is 15.3. The molecule has 2 aromatic heterocycles. The van der Waals surface area contributed by atoms with Crippen LogP contribution >= 0.6 is 11.6 Å². The lowest BCUT2D eigenvalue weighted by molar-refractivity contribution is -0.111. The van der Waals surface area contributed by atoms with Crippen LogP contribution < -0.4 is 17.3 Å². The molecule has 32 heavy (non-hydrogen) atoms. The minimum absolute atomic E-state index is 0.146. The number of aldehydes is 1. The van der Waals surface area contributed by atoms with Gasteiger partial charge in [0.05, 0.1) is 22.5 Å². The van der Waals surface area contributed by atoms with E-state index in [9.17, 15) is 4.79 Å². The molecular formula is C23H24ClN7O. The molecule has 0 saturated heterocycles. The molecule has 0 spiro atoms. The van der Waals surface area contributed by atoms with Crippen molar-refractivity contribution >= 4 is 40.7 Å². The highest BCUT2D eigenvalue weighted by molar-refractivity contribution is 6.31. The number of nitrogen functional groups attached to an aromatic ring is 2. The molecule has 1 unspecified atom stereocenters. The molecule has 0 amide bonds. The van der Waals surface area contributed by atoms with E-state index in [2.05, 4.69) is 26.6 Å². The predicted molar refractivity (Wildman–Crippen MR) is 128 cm³/mol. The first-order valence-electron chi connectivity index (χ1n) is 9.70. The zero-order valence-electron chi connectivity index (χ0n) is 18.1. The second kappa shape index (κ2) is 8.76. The largest absolute Gasteiger partial charge is 0.398 e. The molecule has 0 radical (unpaired) electrons. The number of hydrazone groups is 1. The van der Waals surface area contributed by atoms with Crippen molar-refractivity contribution in [3.05, 3.63) is 82.0 Å². The minimum Gasteiger partial charge on any atom is -0.398 e. The van der Waals surface area contributed by atoms with Crippen molar-refractivity contribution in [1.29, 1.82) is 0 Å². The van der Waals surface area contributed by atoms with Crippen LogP contribution in [0.5, 0.6) is 0 Å². The second-order valence-electron chi connectivity index (χ2n) is 7.55. The zero-order valence-corrected chi connectivity index (χ0v) is 18.8. The van der Waals surface area contributed by atoms with Crippen molar-refractivity contribution in [3.63, 3.8) is 0 Å². The summed E-state index contributed by atoms with van der Waals surface area (Å²) in [5.74, 6) is 5.83. The number of rotatable bonds is 6. The molecule has 2 heterocycles. The maximum Gasteiger partial charge on any atom is 0.161 e. The van der Waals surface area contributed by atoms with E-state index in [0.717, 1.165) is 6.29 Å². The van der Waals surface area contributed by atoms with E-state index in [0.29, 0.717) is 56.0 Å². The Morgan fingerprint density at radius 1 is 1.19 bits per heavy atom. The van der Waals surface area contributed by atoms with Gasteiger partial charge in [-0.1, -0.05) is 30.3 Å². The highest BCUT2D eigenvalue weighted by Gasteiger charge is 2.35. The van der Waals surface area contributed by atoms with Gasteiger partial charge in [-0.25, -0.2) is 9.97 Å². The average molecular weight is 450 g/mol. The fourth-order valence-electron chi connectivity index (χ4n) is 3.54. The van der Waals surface area contributed by atoms with E-state index in [1.807, 2.05) is 0 Å². The number of anilines is 2. The summed E-state index contributed by atoms with van der Waals surface area (Å²) in [6.07, 6.45) is 0.780. The monoisotopic (exact) mass is 449 g/mol. The van der Waals surface area contributed by atoms with Crippen LogP contribution in [0.15, 0.2) is 48.1 Å². The van der Waals surface area contributed by atoms with Gasteiger partial charge in [0.1, 0.15) is 12.1 Å².